The van der Waals surface area contributed by atoms with Gasteiger partial charge >= 0.3 is 0 Å². The molecule has 166 valence electrons. The number of nitrogens with zero attached hydrogens (tertiary/aromatic N) is 3. The zero-order valence-electron chi connectivity index (χ0n) is 19.0. The molecule has 2 aliphatic heterocycles. The zero-order valence-corrected chi connectivity index (χ0v) is 19.7. The lowest BCUT2D eigenvalue weighted by Crippen LogP contribution is -2.32. The second kappa shape index (κ2) is 8.39. The number of para-hydroxylation sites is 1. The second-order valence-electron chi connectivity index (χ2n) is 9.46. The Kier molecular flexibility index (Phi) is 5.22. The van der Waals surface area contributed by atoms with Gasteiger partial charge in [-0.2, -0.15) is 0 Å². The van der Waals surface area contributed by atoms with Crippen LogP contribution >= 0.6 is 11.6 Å². The molecule has 0 saturated carbocycles. The Bertz CT molecular complexity index is 1310. The molecule has 1 saturated heterocycles. The first-order valence-corrected chi connectivity index (χ1v) is 12.3. The molecule has 0 N–H and O–H groups in total. The molecule has 0 amide bonds. The first-order chi connectivity index (χ1) is 16.1. The van der Waals surface area contributed by atoms with E-state index < -0.39 is 0 Å². The van der Waals surface area contributed by atoms with Gasteiger partial charge in [0.2, 0.25) is 0 Å². The summed E-state index contributed by atoms with van der Waals surface area (Å²) in [7, 11) is 0. The fourth-order valence-corrected chi connectivity index (χ4v) is 5.61. The van der Waals surface area contributed by atoms with Crippen LogP contribution in [0.3, 0.4) is 0 Å². The van der Waals surface area contributed by atoms with Crippen molar-refractivity contribution in [1.29, 1.82) is 0 Å². The van der Waals surface area contributed by atoms with Gasteiger partial charge in [0.15, 0.2) is 0 Å². The fraction of sp³-hybridized carbons (Fsp3) is 0.276. The molecule has 0 aliphatic carbocycles. The Labute approximate surface area is 200 Å². The molecule has 0 spiro atoms. The van der Waals surface area contributed by atoms with Crippen molar-refractivity contribution in [3.63, 3.8) is 0 Å². The highest BCUT2D eigenvalue weighted by Gasteiger charge is 2.31. The zero-order chi connectivity index (χ0) is 22.4. The Balaban J connectivity index is 1.52. The summed E-state index contributed by atoms with van der Waals surface area (Å²) < 4.78 is 0. The van der Waals surface area contributed by atoms with Crippen molar-refractivity contribution < 1.29 is 0 Å². The maximum atomic E-state index is 6.53. The molecule has 1 fully saturated rings. The first-order valence-electron chi connectivity index (χ1n) is 11.9. The Hall–Kier alpha value is -3.04. The smallest absolute Gasteiger partial charge is 0.0705 e. The Morgan fingerprint density at radius 2 is 1.82 bits per heavy atom. The molecule has 3 nitrogen and oxygen atoms in total. The van der Waals surface area contributed by atoms with Crippen LogP contribution in [-0.2, 0) is 19.5 Å². The summed E-state index contributed by atoms with van der Waals surface area (Å²) in [5.74, 6) is 0. The van der Waals surface area contributed by atoms with Gasteiger partial charge in [0.25, 0.3) is 0 Å². The predicted octanol–water partition coefficient (Wildman–Crippen LogP) is 6.93. The van der Waals surface area contributed by atoms with Crippen molar-refractivity contribution in [3.8, 4) is 0 Å². The fourth-order valence-electron chi connectivity index (χ4n) is 5.44. The number of aromatic nitrogens is 1. The lowest BCUT2D eigenvalue weighted by Gasteiger charge is -2.32. The average molecular weight is 454 g/mol. The predicted molar refractivity (Wildman–Crippen MR) is 138 cm³/mol. The average Bonchev–Trinajstić information content (AvgIpc) is 3.29. The van der Waals surface area contributed by atoms with Crippen LogP contribution in [0.5, 0.6) is 0 Å². The van der Waals surface area contributed by atoms with Crippen LogP contribution in [0.2, 0.25) is 5.02 Å². The van der Waals surface area contributed by atoms with E-state index in [0.29, 0.717) is 6.04 Å². The van der Waals surface area contributed by atoms with Crippen LogP contribution in [0.1, 0.15) is 35.2 Å². The van der Waals surface area contributed by atoms with Crippen LogP contribution in [0.25, 0.3) is 10.9 Å². The maximum absolute atomic E-state index is 6.53. The van der Waals surface area contributed by atoms with Gasteiger partial charge in [0, 0.05) is 48.2 Å². The molecule has 3 aromatic carbocycles. The summed E-state index contributed by atoms with van der Waals surface area (Å²) in [4.78, 5) is 10.3. The van der Waals surface area contributed by atoms with Gasteiger partial charge in [0.05, 0.1) is 16.9 Å². The number of anilines is 2. The van der Waals surface area contributed by atoms with Crippen molar-refractivity contribution in [1.82, 2.24) is 4.98 Å². The summed E-state index contributed by atoms with van der Waals surface area (Å²) in [5.41, 5.74) is 8.77. The molecule has 1 aromatic heterocycles. The van der Waals surface area contributed by atoms with Gasteiger partial charge in [-0.3, -0.25) is 4.98 Å². The van der Waals surface area contributed by atoms with Crippen molar-refractivity contribution in [2.45, 2.75) is 45.3 Å². The molecular weight excluding hydrogens is 426 g/mol. The molecule has 4 aromatic rings. The highest BCUT2D eigenvalue weighted by molar-refractivity contribution is 6.31. The Morgan fingerprint density at radius 3 is 2.70 bits per heavy atom. The van der Waals surface area contributed by atoms with Crippen molar-refractivity contribution in [3.05, 3.63) is 100 Å². The number of benzene rings is 3. The monoisotopic (exact) mass is 453 g/mol. The topological polar surface area (TPSA) is 19.4 Å². The third-order valence-corrected chi connectivity index (χ3v) is 7.38. The summed E-state index contributed by atoms with van der Waals surface area (Å²) in [5, 5.41) is 2.01. The van der Waals surface area contributed by atoms with E-state index in [4.69, 9.17) is 16.6 Å². The van der Waals surface area contributed by atoms with Crippen LogP contribution in [0, 0.1) is 6.92 Å². The maximum Gasteiger partial charge on any atom is 0.0705 e. The number of aryl methyl sites for hydroxylation is 1. The Morgan fingerprint density at radius 1 is 0.970 bits per heavy atom. The SMILES string of the molecule is Cc1ccc(CN2Cc3cc4ccccc4nc3CC3CCCN3c3cc(Cl)ccc32)cc1. The van der Waals surface area contributed by atoms with Gasteiger partial charge < -0.3 is 9.80 Å². The minimum absolute atomic E-state index is 0.453. The van der Waals surface area contributed by atoms with Gasteiger partial charge in [-0.05, 0) is 61.2 Å². The summed E-state index contributed by atoms with van der Waals surface area (Å²) in [6.07, 6.45) is 3.37. The molecule has 4 heteroatoms. The molecule has 0 radical (unpaired) electrons. The van der Waals surface area contributed by atoms with Crippen molar-refractivity contribution >= 4 is 33.9 Å². The highest BCUT2D eigenvalue weighted by atomic mass is 35.5. The van der Waals surface area contributed by atoms with E-state index in [1.54, 1.807) is 0 Å². The number of hydrogen-bond donors (Lipinski definition) is 0. The second-order valence-corrected chi connectivity index (χ2v) is 9.89. The van der Waals surface area contributed by atoms with Crippen LogP contribution in [0.15, 0.2) is 72.8 Å². The van der Waals surface area contributed by atoms with E-state index in [1.807, 2.05) is 6.07 Å². The number of pyridine rings is 1. The summed E-state index contributed by atoms with van der Waals surface area (Å²) in [6, 6.07) is 26.6. The molecule has 0 bridgehead atoms. The van der Waals surface area contributed by atoms with Crippen LogP contribution in [0.4, 0.5) is 11.4 Å². The van der Waals surface area contributed by atoms with E-state index in [-0.39, 0.29) is 0 Å². The number of halogens is 1. The van der Waals surface area contributed by atoms with Gasteiger partial charge in [-0.15, -0.1) is 0 Å². The lowest BCUT2D eigenvalue weighted by atomic mass is 10.0. The van der Waals surface area contributed by atoms with Crippen LogP contribution in [-0.4, -0.2) is 17.6 Å². The van der Waals surface area contributed by atoms with E-state index in [1.165, 1.54) is 52.0 Å². The number of rotatable bonds is 2. The summed E-state index contributed by atoms with van der Waals surface area (Å²) in [6.45, 7) is 4.89. The van der Waals surface area contributed by atoms with Gasteiger partial charge in [-0.25, -0.2) is 0 Å². The summed E-state index contributed by atoms with van der Waals surface area (Å²) >= 11 is 6.53. The molecule has 33 heavy (non-hydrogen) atoms. The minimum atomic E-state index is 0.453. The van der Waals surface area contributed by atoms with Gasteiger partial charge in [-0.1, -0.05) is 59.6 Å². The standard InChI is InChI=1S/C29H28ClN3/c1-20-8-10-21(11-9-20)18-32-19-23-15-22-5-2-3-7-26(22)31-27(23)17-25-6-4-14-33(25)29-16-24(30)12-13-28(29)32/h2-3,5,7-13,15-16,25H,4,6,14,17-19H2,1H3. The number of fused-ring (bicyclic) bond motifs is 5. The van der Waals surface area contributed by atoms with Crippen molar-refractivity contribution in [2.75, 3.05) is 16.3 Å². The van der Waals surface area contributed by atoms with Crippen molar-refractivity contribution in [2.24, 2.45) is 0 Å². The van der Waals surface area contributed by atoms with E-state index in [9.17, 15) is 0 Å². The van der Waals surface area contributed by atoms with Gasteiger partial charge in [0.1, 0.15) is 0 Å². The highest BCUT2D eigenvalue weighted by Crippen LogP contribution is 2.40. The third-order valence-electron chi connectivity index (χ3n) is 7.14. The molecule has 6 rings (SSSR count). The van der Waals surface area contributed by atoms with Crippen LogP contribution < -0.4 is 9.80 Å². The molecule has 3 heterocycles. The largest absolute Gasteiger partial charge is 0.366 e. The third kappa shape index (κ3) is 3.95. The molecule has 1 unspecified atom stereocenters. The first kappa shape index (κ1) is 20.6. The van der Waals surface area contributed by atoms with E-state index in [0.717, 1.165) is 36.6 Å². The van der Waals surface area contributed by atoms with E-state index in [2.05, 4.69) is 83.5 Å². The molecule has 2 aliphatic rings. The minimum Gasteiger partial charge on any atom is -0.366 e. The molecular formula is C29H28ClN3. The number of hydrogen-bond acceptors (Lipinski definition) is 3. The normalized spacial score (nSPS) is 17.7. The lowest BCUT2D eigenvalue weighted by molar-refractivity contribution is 0.653. The van der Waals surface area contributed by atoms with E-state index >= 15 is 0 Å². The molecule has 1 atom stereocenters. The quantitative estimate of drug-likeness (QED) is 0.328.